The molecule has 5 nitrogen and oxygen atoms in total. The van der Waals surface area contributed by atoms with Crippen LogP contribution in [0.15, 0.2) is 0 Å². The highest BCUT2D eigenvalue weighted by atomic mass is 16.4. The number of carboxylic acids is 1. The first kappa shape index (κ1) is 14.3. The Kier molecular flexibility index (Phi) is 5.37. The number of urea groups is 1. The molecule has 5 heteroatoms. The number of carbonyl (C=O) groups is 2. The van der Waals surface area contributed by atoms with Crippen molar-refractivity contribution in [2.75, 3.05) is 6.54 Å². The van der Waals surface area contributed by atoms with E-state index in [2.05, 4.69) is 16.6 Å². The lowest BCUT2D eigenvalue weighted by Gasteiger charge is -2.30. The van der Waals surface area contributed by atoms with Gasteiger partial charge in [-0.1, -0.05) is 26.7 Å². The highest BCUT2D eigenvalue weighted by Gasteiger charge is 2.28. The number of hydrogen-bond acceptors (Lipinski definition) is 2. The van der Waals surface area contributed by atoms with Gasteiger partial charge in [0, 0.05) is 6.04 Å². The molecular formula is C11H18N2O3. The molecule has 0 heterocycles. The van der Waals surface area contributed by atoms with Crippen LogP contribution in [0.1, 0.15) is 27.2 Å². The van der Waals surface area contributed by atoms with Crippen LogP contribution in [0.2, 0.25) is 0 Å². The smallest absolute Gasteiger partial charge is 0.315 e. The third-order valence-electron chi connectivity index (χ3n) is 2.08. The Morgan fingerprint density at radius 2 is 2.00 bits per heavy atom. The molecule has 0 aromatic heterocycles. The zero-order chi connectivity index (χ0) is 12.8. The molecule has 0 saturated heterocycles. The first-order valence-corrected chi connectivity index (χ1v) is 4.97. The summed E-state index contributed by atoms with van der Waals surface area (Å²) in [6.07, 6.45) is 4.87. The van der Waals surface area contributed by atoms with E-state index in [-0.39, 0.29) is 18.4 Å². The lowest BCUT2D eigenvalue weighted by atomic mass is 9.85. The first-order chi connectivity index (χ1) is 7.27. The second kappa shape index (κ2) is 6.01. The maximum atomic E-state index is 11.3. The van der Waals surface area contributed by atoms with Gasteiger partial charge in [-0.3, -0.25) is 4.79 Å². The van der Waals surface area contributed by atoms with Crippen molar-refractivity contribution >= 4 is 12.0 Å². The molecule has 0 spiro atoms. The topological polar surface area (TPSA) is 78.4 Å². The van der Waals surface area contributed by atoms with Gasteiger partial charge in [-0.2, -0.15) is 0 Å². The third kappa shape index (κ3) is 5.91. The summed E-state index contributed by atoms with van der Waals surface area (Å²) in [4.78, 5) is 22.0. The summed E-state index contributed by atoms with van der Waals surface area (Å²) in [5.74, 6) is 1.32. The number of amides is 2. The van der Waals surface area contributed by atoms with E-state index < -0.39 is 18.0 Å². The van der Waals surface area contributed by atoms with Gasteiger partial charge in [0.25, 0.3) is 0 Å². The maximum Gasteiger partial charge on any atom is 0.315 e. The van der Waals surface area contributed by atoms with Crippen molar-refractivity contribution in [1.29, 1.82) is 0 Å². The normalized spacial score (nSPS) is 12.4. The van der Waals surface area contributed by atoms with E-state index >= 15 is 0 Å². The summed E-state index contributed by atoms with van der Waals surface area (Å²) in [6.45, 7) is 5.71. The van der Waals surface area contributed by atoms with Crippen LogP contribution in [0.3, 0.4) is 0 Å². The second-order valence-corrected chi connectivity index (χ2v) is 4.55. The predicted octanol–water partition coefficient (Wildman–Crippen LogP) is 0.808. The van der Waals surface area contributed by atoms with Crippen molar-refractivity contribution in [2.24, 2.45) is 5.41 Å². The van der Waals surface area contributed by atoms with Gasteiger partial charge < -0.3 is 15.7 Å². The Balaban J connectivity index is 4.39. The monoisotopic (exact) mass is 226 g/mol. The first-order valence-electron chi connectivity index (χ1n) is 4.97. The van der Waals surface area contributed by atoms with E-state index in [1.165, 1.54) is 0 Å². The summed E-state index contributed by atoms with van der Waals surface area (Å²) in [5, 5.41) is 13.8. The Morgan fingerprint density at radius 1 is 1.44 bits per heavy atom. The maximum absolute atomic E-state index is 11.3. The average molecular weight is 226 g/mol. The second-order valence-electron chi connectivity index (χ2n) is 4.55. The van der Waals surface area contributed by atoms with Crippen LogP contribution in [0.4, 0.5) is 4.79 Å². The molecule has 0 saturated carbocycles. The van der Waals surface area contributed by atoms with Crippen LogP contribution in [0.25, 0.3) is 0 Å². The summed E-state index contributed by atoms with van der Waals surface area (Å²) in [7, 11) is 0. The van der Waals surface area contributed by atoms with Gasteiger partial charge in [-0.25, -0.2) is 4.79 Å². The molecule has 0 aromatic rings. The zero-order valence-electron chi connectivity index (χ0n) is 9.83. The number of aliphatic carboxylic acids is 1. The van der Waals surface area contributed by atoms with E-state index in [4.69, 9.17) is 11.5 Å². The minimum absolute atomic E-state index is 0.118. The van der Waals surface area contributed by atoms with Crippen LogP contribution in [-0.4, -0.2) is 29.7 Å². The van der Waals surface area contributed by atoms with Gasteiger partial charge in [-0.05, 0) is 5.41 Å². The molecule has 0 aliphatic rings. The molecule has 90 valence electrons. The van der Waals surface area contributed by atoms with Crippen molar-refractivity contribution in [3.05, 3.63) is 0 Å². The highest BCUT2D eigenvalue weighted by molar-refractivity contribution is 5.76. The number of carboxylic acid groups (broad SMARTS) is 1. The Morgan fingerprint density at radius 3 is 2.38 bits per heavy atom. The van der Waals surface area contributed by atoms with Crippen molar-refractivity contribution in [2.45, 2.75) is 33.2 Å². The number of rotatable bonds is 4. The van der Waals surface area contributed by atoms with Crippen LogP contribution in [-0.2, 0) is 4.79 Å². The lowest BCUT2D eigenvalue weighted by molar-refractivity contribution is -0.138. The van der Waals surface area contributed by atoms with Gasteiger partial charge in [0.15, 0.2) is 0 Å². The molecule has 2 amide bonds. The quantitative estimate of drug-likeness (QED) is 0.621. The Hall–Kier alpha value is -1.70. The molecule has 0 fully saturated rings. The van der Waals surface area contributed by atoms with Crippen molar-refractivity contribution in [1.82, 2.24) is 10.6 Å². The minimum atomic E-state index is -0.947. The van der Waals surface area contributed by atoms with E-state index in [0.717, 1.165) is 0 Å². The molecule has 3 N–H and O–H groups in total. The van der Waals surface area contributed by atoms with Crippen LogP contribution in [0, 0.1) is 17.8 Å². The number of carbonyl (C=O) groups excluding carboxylic acids is 1. The van der Waals surface area contributed by atoms with Gasteiger partial charge in [0.1, 0.15) is 0 Å². The van der Waals surface area contributed by atoms with E-state index in [9.17, 15) is 9.59 Å². The van der Waals surface area contributed by atoms with Crippen molar-refractivity contribution < 1.29 is 14.7 Å². The average Bonchev–Trinajstić information content (AvgIpc) is 2.11. The van der Waals surface area contributed by atoms with E-state index in [0.29, 0.717) is 0 Å². The molecule has 0 aliphatic heterocycles. The molecule has 0 aromatic carbocycles. The predicted molar refractivity (Wildman–Crippen MR) is 60.9 cm³/mol. The van der Waals surface area contributed by atoms with Crippen molar-refractivity contribution in [3.63, 3.8) is 0 Å². The molecule has 0 rings (SSSR count). The lowest BCUT2D eigenvalue weighted by Crippen LogP contribution is -2.49. The number of nitrogens with one attached hydrogen (secondary N) is 2. The molecular weight excluding hydrogens is 208 g/mol. The Bertz CT molecular complexity index is 299. The fourth-order valence-corrected chi connectivity index (χ4v) is 1.09. The molecule has 1 atom stereocenters. The Labute approximate surface area is 95.6 Å². The number of terminal acetylenes is 1. The summed E-state index contributed by atoms with van der Waals surface area (Å²) in [6, 6.07) is -0.887. The summed E-state index contributed by atoms with van der Waals surface area (Å²) in [5.41, 5.74) is -0.328. The van der Waals surface area contributed by atoms with Gasteiger partial charge in [0.2, 0.25) is 0 Å². The zero-order valence-corrected chi connectivity index (χ0v) is 9.83. The fraction of sp³-hybridized carbons (Fsp3) is 0.636. The summed E-state index contributed by atoms with van der Waals surface area (Å²) < 4.78 is 0. The molecule has 0 aliphatic carbocycles. The standard InChI is InChI=1S/C11H18N2O3/c1-5-6-12-10(16)13-8(7-9(14)15)11(2,3)4/h1,8H,6-7H2,2-4H3,(H,14,15)(H2,12,13,16). The van der Waals surface area contributed by atoms with Gasteiger partial charge in [0.05, 0.1) is 13.0 Å². The molecule has 0 bridgehead atoms. The highest BCUT2D eigenvalue weighted by Crippen LogP contribution is 2.21. The largest absolute Gasteiger partial charge is 0.481 e. The fourth-order valence-electron chi connectivity index (χ4n) is 1.09. The summed E-state index contributed by atoms with van der Waals surface area (Å²) >= 11 is 0. The van der Waals surface area contributed by atoms with Crippen LogP contribution >= 0.6 is 0 Å². The molecule has 16 heavy (non-hydrogen) atoms. The van der Waals surface area contributed by atoms with Gasteiger partial charge in [-0.15, -0.1) is 6.42 Å². The molecule has 1 unspecified atom stereocenters. The molecule has 0 radical (unpaired) electrons. The minimum Gasteiger partial charge on any atom is -0.481 e. The van der Waals surface area contributed by atoms with E-state index in [1.54, 1.807) is 0 Å². The van der Waals surface area contributed by atoms with Crippen LogP contribution < -0.4 is 10.6 Å². The third-order valence-corrected chi connectivity index (χ3v) is 2.08. The van der Waals surface area contributed by atoms with Crippen LogP contribution in [0.5, 0.6) is 0 Å². The van der Waals surface area contributed by atoms with Crippen molar-refractivity contribution in [3.8, 4) is 12.3 Å². The van der Waals surface area contributed by atoms with Gasteiger partial charge >= 0.3 is 12.0 Å². The van der Waals surface area contributed by atoms with E-state index in [1.807, 2.05) is 20.8 Å². The SMILES string of the molecule is C#CCNC(=O)NC(CC(=O)O)C(C)(C)C. The number of hydrogen-bond donors (Lipinski definition) is 3.